The standard InChI is InChI=1S/C14H18/c1-5-8-13-10-12(6-2)9-11(4)14(13)7-3/h2,9-10H,5,7-8H2,1,3-4H3. The lowest BCUT2D eigenvalue weighted by Gasteiger charge is -2.11. The molecule has 0 amide bonds. The van der Waals surface area contributed by atoms with E-state index >= 15 is 0 Å². The van der Waals surface area contributed by atoms with Crippen molar-refractivity contribution in [3.8, 4) is 12.3 Å². The van der Waals surface area contributed by atoms with Gasteiger partial charge < -0.3 is 0 Å². The molecule has 0 radical (unpaired) electrons. The minimum absolute atomic E-state index is 1.02. The van der Waals surface area contributed by atoms with Gasteiger partial charge in [-0.15, -0.1) is 6.42 Å². The maximum Gasteiger partial charge on any atom is 0.0248 e. The van der Waals surface area contributed by atoms with Crippen LogP contribution < -0.4 is 0 Å². The summed E-state index contributed by atoms with van der Waals surface area (Å²) in [5.74, 6) is 2.72. The monoisotopic (exact) mass is 186 g/mol. The maximum atomic E-state index is 5.43. The summed E-state index contributed by atoms with van der Waals surface area (Å²) >= 11 is 0. The molecule has 0 aliphatic carbocycles. The SMILES string of the molecule is C#Cc1cc(C)c(CC)c(CCC)c1. The molecule has 0 N–H and O–H groups in total. The van der Waals surface area contributed by atoms with Crippen LogP contribution in [0.1, 0.15) is 42.5 Å². The fourth-order valence-electron chi connectivity index (χ4n) is 1.97. The number of benzene rings is 1. The van der Waals surface area contributed by atoms with Crippen LogP contribution in [-0.2, 0) is 12.8 Å². The summed E-state index contributed by atoms with van der Waals surface area (Å²) in [6, 6.07) is 4.27. The van der Waals surface area contributed by atoms with E-state index < -0.39 is 0 Å². The number of hydrogen-bond acceptors (Lipinski definition) is 0. The molecule has 0 atom stereocenters. The number of aryl methyl sites for hydroxylation is 2. The highest BCUT2D eigenvalue weighted by Crippen LogP contribution is 2.19. The second-order valence-corrected chi connectivity index (χ2v) is 3.68. The molecule has 0 aromatic heterocycles. The smallest absolute Gasteiger partial charge is 0.0248 e. The Balaban J connectivity index is 3.22. The van der Waals surface area contributed by atoms with Crippen molar-refractivity contribution in [2.75, 3.05) is 0 Å². The van der Waals surface area contributed by atoms with E-state index in [4.69, 9.17) is 6.42 Å². The summed E-state index contributed by atoms with van der Waals surface area (Å²) in [5, 5.41) is 0. The Labute approximate surface area is 87.4 Å². The van der Waals surface area contributed by atoms with Crippen LogP contribution >= 0.6 is 0 Å². The van der Waals surface area contributed by atoms with E-state index in [1.165, 1.54) is 23.1 Å². The summed E-state index contributed by atoms with van der Waals surface area (Å²) in [4.78, 5) is 0. The molecule has 74 valence electrons. The second-order valence-electron chi connectivity index (χ2n) is 3.68. The lowest BCUT2D eigenvalue weighted by molar-refractivity contribution is 0.894. The minimum atomic E-state index is 1.02. The second kappa shape index (κ2) is 4.86. The molecule has 1 aromatic carbocycles. The Morgan fingerprint density at radius 1 is 1.29 bits per heavy atom. The molecule has 0 heteroatoms. The van der Waals surface area contributed by atoms with Crippen LogP contribution in [-0.4, -0.2) is 0 Å². The molecule has 0 bridgehead atoms. The van der Waals surface area contributed by atoms with E-state index in [0.29, 0.717) is 0 Å². The third kappa shape index (κ3) is 2.17. The molecular weight excluding hydrogens is 168 g/mol. The summed E-state index contributed by atoms with van der Waals surface area (Å²) in [7, 11) is 0. The number of rotatable bonds is 3. The highest BCUT2D eigenvalue weighted by molar-refractivity contribution is 5.44. The quantitative estimate of drug-likeness (QED) is 0.634. The predicted octanol–water partition coefficient (Wildman–Crippen LogP) is 3.49. The lowest BCUT2D eigenvalue weighted by atomic mass is 9.94. The van der Waals surface area contributed by atoms with E-state index in [9.17, 15) is 0 Å². The summed E-state index contributed by atoms with van der Waals surface area (Å²) in [6.07, 6.45) is 8.85. The van der Waals surface area contributed by atoms with Crippen molar-refractivity contribution in [3.05, 3.63) is 34.4 Å². The van der Waals surface area contributed by atoms with Gasteiger partial charge in [-0.25, -0.2) is 0 Å². The van der Waals surface area contributed by atoms with Crippen LogP contribution in [0.2, 0.25) is 0 Å². The Bertz CT molecular complexity index is 353. The highest BCUT2D eigenvalue weighted by Gasteiger charge is 2.04. The van der Waals surface area contributed by atoms with Crippen molar-refractivity contribution in [1.82, 2.24) is 0 Å². The number of terminal acetylenes is 1. The zero-order valence-corrected chi connectivity index (χ0v) is 9.35. The summed E-state index contributed by atoms with van der Waals surface area (Å²) in [6.45, 7) is 6.56. The average molecular weight is 186 g/mol. The van der Waals surface area contributed by atoms with E-state index in [2.05, 4.69) is 38.8 Å². The first-order valence-corrected chi connectivity index (χ1v) is 5.31. The lowest BCUT2D eigenvalue weighted by Crippen LogP contribution is -1.97. The van der Waals surface area contributed by atoms with Crippen LogP contribution in [0.25, 0.3) is 0 Å². The summed E-state index contributed by atoms with van der Waals surface area (Å²) in [5.41, 5.74) is 5.27. The topological polar surface area (TPSA) is 0 Å². The third-order valence-corrected chi connectivity index (χ3v) is 2.60. The predicted molar refractivity (Wildman–Crippen MR) is 62.5 cm³/mol. The maximum absolute atomic E-state index is 5.43. The highest BCUT2D eigenvalue weighted by atomic mass is 14.1. The van der Waals surface area contributed by atoms with Crippen molar-refractivity contribution >= 4 is 0 Å². The molecule has 0 heterocycles. The summed E-state index contributed by atoms with van der Waals surface area (Å²) < 4.78 is 0. The van der Waals surface area contributed by atoms with Gasteiger partial charge >= 0.3 is 0 Å². The van der Waals surface area contributed by atoms with Gasteiger partial charge in [0, 0.05) is 5.56 Å². The van der Waals surface area contributed by atoms with Gasteiger partial charge in [0.05, 0.1) is 0 Å². The van der Waals surface area contributed by atoms with Gasteiger partial charge in [-0.2, -0.15) is 0 Å². The molecular formula is C14H18. The van der Waals surface area contributed by atoms with Gasteiger partial charge in [0.25, 0.3) is 0 Å². The molecule has 0 fully saturated rings. The molecule has 0 saturated heterocycles. The molecule has 1 aromatic rings. The molecule has 0 spiro atoms. The molecule has 0 saturated carbocycles. The molecule has 14 heavy (non-hydrogen) atoms. The van der Waals surface area contributed by atoms with E-state index in [1.807, 2.05) is 0 Å². The van der Waals surface area contributed by atoms with Crippen LogP contribution in [0.5, 0.6) is 0 Å². The van der Waals surface area contributed by atoms with Crippen molar-refractivity contribution in [1.29, 1.82) is 0 Å². The Morgan fingerprint density at radius 3 is 2.50 bits per heavy atom. The average Bonchev–Trinajstić information content (AvgIpc) is 2.18. The molecule has 0 aliphatic heterocycles. The van der Waals surface area contributed by atoms with Crippen molar-refractivity contribution < 1.29 is 0 Å². The van der Waals surface area contributed by atoms with E-state index in [1.54, 1.807) is 0 Å². The minimum Gasteiger partial charge on any atom is -0.115 e. The fraction of sp³-hybridized carbons (Fsp3) is 0.429. The van der Waals surface area contributed by atoms with Crippen molar-refractivity contribution in [2.45, 2.75) is 40.0 Å². The zero-order valence-electron chi connectivity index (χ0n) is 9.35. The Morgan fingerprint density at radius 2 is 2.00 bits per heavy atom. The van der Waals surface area contributed by atoms with Gasteiger partial charge in [-0.3, -0.25) is 0 Å². The van der Waals surface area contributed by atoms with Gasteiger partial charge in [-0.05, 0) is 48.6 Å². The molecule has 0 unspecified atom stereocenters. The first-order valence-electron chi connectivity index (χ1n) is 5.31. The van der Waals surface area contributed by atoms with E-state index in [-0.39, 0.29) is 0 Å². The molecule has 0 aliphatic rings. The first-order chi connectivity index (χ1) is 6.72. The van der Waals surface area contributed by atoms with Crippen LogP contribution in [0, 0.1) is 19.3 Å². The van der Waals surface area contributed by atoms with Gasteiger partial charge in [-0.1, -0.05) is 26.2 Å². The largest absolute Gasteiger partial charge is 0.115 e. The molecule has 1 rings (SSSR count). The molecule has 0 nitrogen and oxygen atoms in total. The number of hydrogen-bond donors (Lipinski definition) is 0. The zero-order chi connectivity index (χ0) is 10.6. The van der Waals surface area contributed by atoms with Crippen LogP contribution in [0.3, 0.4) is 0 Å². The van der Waals surface area contributed by atoms with Crippen molar-refractivity contribution in [3.63, 3.8) is 0 Å². The van der Waals surface area contributed by atoms with E-state index in [0.717, 1.165) is 18.4 Å². The fourth-order valence-corrected chi connectivity index (χ4v) is 1.97. The van der Waals surface area contributed by atoms with Crippen molar-refractivity contribution in [2.24, 2.45) is 0 Å². The van der Waals surface area contributed by atoms with Gasteiger partial charge in [0.1, 0.15) is 0 Å². The third-order valence-electron chi connectivity index (χ3n) is 2.60. The normalized spacial score (nSPS) is 9.86. The van der Waals surface area contributed by atoms with Gasteiger partial charge in [0.15, 0.2) is 0 Å². The van der Waals surface area contributed by atoms with Gasteiger partial charge in [0.2, 0.25) is 0 Å². The first kappa shape index (κ1) is 10.9. The van der Waals surface area contributed by atoms with Crippen LogP contribution in [0.4, 0.5) is 0 Å². The van der Waals surface area contributed by atoms with Crippen LogP contribution in [0.15, 0.2) is 12.1 Å². The Hall–Kier alpha value is -1.22. The Kier molecular flexibility index (Phi) is 3.77.